The number of anilines is 1. The highest BCUT2D eigenvalue weighted by Crippen LogP contribution is 2.21. The Morgan fingerprint density at radius 2 is 2.14 bits per heavy atom. The molecule has 14 heavy (non-hydrogen) atoms. The van der Waals surface area contributed by atoms with Gasteiger partial charge in [-0.3, -0.25) is 0 Å². The molecule has 72 valence electrons. The zero-order valence-electron chi connectivity index (χ0n) is 7.74. The fraction of sp³-hybridized carbons (Fsp3) is 0.100. The lowest BCUT2D eigenvalue weighted by Crippen LogP contribution is -2.00. The number of nitrogens with zero attached hydrogens (tertiary/aromatic N) is 2. The van der Waals surface area contributed by atoms with Crippen LogP contribution in [0.5, 0.6) is 0 Å². The van der Waals surface area contributed by atoms with Gasteiger partial charge in [-0.1, -0.05) is 11.6 Å². The molecule has 0 saturated heterocycles. The Hall–Kier alpha value is -1.48. The largest absolute Gasteiger partial charge is 0.397 e. The fourth-order valence-electron chi connectivity index (χ4n) is 1.26. The van der Waals surface area contributed by atoms with Crippen LogP contribution in [0.1, 0.15) is 5.69 Å². The van der Waals surface area contributed by atoms with E-state index in [4.69, 9.17) is 17.3 Å². The smallest absolute Gasteiger partial charge is 0.0889 e. The van der Waals surface area contributed by atoms with Crippen molar-refractivity contribution in [1.82, 2.24) is 9.78 Å². The summed E-state index contributed by atoms with van der Waals surface area (Å²) >= 11 is 5.88. The Bertz CT molecular complexity index is 462. The Morgan fingerprint density at radius 1 is 1.36 bits per heavy atom. The summed E-state index contributed by atoms with van der Waals surface area (Å²) in [5, 5.41) is 4.92. The van der Waals surface area contributed by atoms with Crippen LogP contribution in [0, 0.1) is 6.92 Å². The minimum atomic E-state index is 0.655. The lowest BCUT2D eigenvalue weighted by molar-refractivity contribution is 0.865. The van der Waals surface area contributed by atoms with E-state index in [9.17, 15) is 0 Å². The van der Waals surface area contributed by atoms with E-state index >= 15 is 0 Å². The summed E-state index contributed by atoms with van der Waals surface area (Å²) in [6.45, 7) is 1.93. The summed E-state index contributed by atoms with van der Waals surface area (Å²) < 4.78 is 1.72. The van der Waals surface area contributed by atoms with E-state index in [-0.39, 0.29) is 0 Å². The van der Waals surface area contributed by atoms with Crippen LogP contribution in [-0.2, 0) is 0 Å². The van der Waals surface area contributed by atoms with Crippen molar-refractivity contribution in [3.8, 4) is 5.69 Å². The molecule has 2 N–H and O–H groups in total. The number of hydrogen-bond donors (Lipinski definition) is 1. The van der Waals surface area contributed by atoms with Gasteiger partial charge < -0.3 is 5.73 Å². The topological polar surface area (TPSA) is 43.8 Å². The molecule has 3 nitrogen and oxygen atoms in total. The molecule has 1 aromatic heterocycles. The van der Waals surface area contributed by atoms with E-state index in [0.29, 0.717) is 10.7 Å². The SMILES string of the molecule is Cc1ccn(-c2cc(Cl)ccc2N)n1. The molecule has 0 aliphatic heterocycles. The second kappa shape index (κ2) is 3.35. The van der Waals surface area contributed by atoms with Crippen molar-refractivity contribution in [2.45, 2.75) is 6.92 Å². The van der Waals surface area contributed by atoms with Gasteiger partial charge in [0.2, 0.25) is 0 Å². The van der Waals surface area contributed by atoms with E-state index in [1.54, 1.807) is 22.9 Å². The first kappa shape index (κ1) is 9.09. The number of aryl methyl sites for hydroxylation is 1. The first-order chi connectivity index (χ1) is 6.66. The molecule has 0 bridgehead atoms. The van der Waals surface area contributed by atoms with Crippen molar-refractivity contribution in [3.63, 3.8) is 0 Å². The van der Waals surface area contributed by atoms with E-state index in [1.807, 2.05) is 19.2 Å². The zero-order valence-corrected chi connectivity index (χ0v) is 8.49. The average molecular weight is 208 g/mol. The van der Waals surface area contributed by atoms with Crippen molar-refractivity contribution >= 4 is 17.3 Å². The van der Waals surface area contributed by atoms with E-state index < -0.39 is 0 Å². The number of aromatic nitrogens is 2. The van der Waals surface area contributed by atoms with Crippen LogP contribution in [0.15, 0.2) is 30.5 Å². The molecule has 0 atom stereocenters. The van der Waals surface area contributed by atoms with E-state index in [1.165, 1.54) is 0 Å². The molecule has 0 saturated carbocycles. The lowest BCUT2D eigenvalue weighted by Gasteiger charge is -2.05. The summed E-state index contributed by atoms with van der Waals surface area (Å²) in [7, 11) is 0. The summed E-state index contributed by atoms with van der Waals surface area (Å²) in [6, 6.07) is 7.25. The number of benzene rings is 1. The third kappa shape index (κ3) is 1.59. The quantitative estimate of drug-likeness (QED) is 0.730. The summed E-state index contributed by atoms with van der Waals surface area (Å²) in [6.07, 6.45) is 1.86. The molecule has 2 rings (SSSR count). The van der Waals surface area contributed by atoms with Crippen LogP contribution in [0.25, 0.3) is 5.69 Å². The van der Waals surface area contributed by atoms with Crippen molar-refractivity contribution in [2.24, 2.45) is 0 Å². The minimum absolute atomic E-state index is 0.655. The normalized spacial score (nSPS) is 10.4. The lowest BCUT2D eigenvalue weighted by atomic mass is 10.3. The van der Waals surface area contributed by atoms with Crippen LogP contribution in [-0.4, -0.2) is 9.78 Å². The van der Waals surface area contributed by atoms with Crippen LogP contribution in [0.4, 0.5) is 5.69 Å². The standard InChI is InChI=1S/C10H10ClN3/c1-7-4-5-14(13-7)10-6-8(11)2-3-9(10)12/h2-6H,12H2,1H3. The van der Waals surface area contributed by atoms with Gasteiger partial charge in [-0.05, 0) is 31.2 Å². The van der Waals surface area contributed by atoms with Gasteiger partial charge in [-0.25, -0.2) is 4.68 Å². The van der Waals surface area contributed by atoms with Crippen molar-refractivity contribution in [2.75, 3.05) is 5.73 Å². The second-order valence-corrected chi connectivity index (χ2v) is 3.54. The molecular formula is C10H10ClN3. The number of nitrogen functional groups attached to an aromatic ring is 1. The third-order valence-electron chi connectivity index (χ3n) is 1.96. The highest BCUT2D eigenvalue weighted by molar-refractivity contribution is 6.30. The molecule has 0 fully saturated rings. The van der Waals surface area contributed by atoms with E-state index in [0.717, 1.165) is 11.4 Å². The van der Waals surface area contributed by atoms with Gasteiger partial charge in [-0.2, -0.15) is 5.10 Å². The summed E-state index contributed by atoms with van der Waals surface area (Å²) in [4.78, 5) is 0. The first-order valence-electron chi connectivity index (χ1n) is 4.24. The molecule has 0 aliphatic carbocycles. The van der Waals surface area contributed by atoms with Gasteiger partial charge in [-0.15, -0.1) is 0 Å². The highest BCUT2D eigenvalue weighted by atomic mass is 35.5. The maximum absolute atomic E-state index is 5.88. The Morgan fingerprint density at radius 3 is 2.79 bits per heavy atom. The van der Waals surface area contributed by atoms with Crippen molar-refractivity contribution < 1.29 is 0 Å². The van der Waals surface area contributed by atoms with Crippen LogP contribution >= 0.6 is 11.6 Å². The molecule has 0 aliphatic rings. The fourth-order valence-corrected chi connectivity index (χ4v) is 1.43. The highest BCUT2D eigenvalue weighted by Gasteiger charge is 2.03. The van der Waals surface area contributed by atoms with Gasteiger partial charge in [0, 0.05) is 11.2 Å². The second-order valence-electron chi connectivity index (χ2n) is 3.10. The molecular weight excluding hydrogens is 198 g/mol. The summed E-state index contributed by atoms with van der Waals surface area (Å²) in [5.74, 6) is 0. The molecule has 2 aromatic rings. The monoisotopic (exact) mass is 207 g/mol. The third-order valence-corrected chi connectivity index (χ3v) is 2.20. The van der Waals surface area contributed by atoms with E-state index in [2.05, 4.69) is 5.10 Å². The Balaban J connectivity index is 2.55. The molecule has 0 radical (unpaired) electrons. The zero-order chi connectivity index (χ0) is 10.1. The van der Waals surface area contributed by atoms with Gasteiger partial charge in [0.15, 0.2) is 0 Å². The summed E-state index contributed by atoms with van der Waals surface area (Å²) in [5.41, 5.74) is 8.23. The van der Waals surface area contributed by atoms with Crippen LogP contribution in [0.3, 0.4) is 0 Å². The molecule has 1 heterocycles. The van der Waals surface area contributed by atoms with Gasteiger partial charge in [0.1, 0.15) is 0 Å². The van der Waals surface area contributed by atoms with Crippen LogP contribution in [0.2, 0.25) is 5.02 Å². The molecule has 0 unspecified atom stereocenters. The number of rotatable bonds is 1. The number of halogens is 1. The van der Waals surface area contributed by atoms with Gasteiger partial charge in [0.25, 0.3) is 0 Å². The molecule has 0 spiro atoms. The Kier molecular flexibility index (Phi) is 2.17. The Labute approximate surface area is 87.1 Å². The van der Waals surface area contributed by atoms with Crippen molar-refractivity contribution in [1.29, 1.82) is 0 Å². The van der Waals surface area contributed by atoms with Crippen LogP contribution < -0.4 is 5.73 Å². The first-order valence-corrected chi connectivity index (χ1v) is 4.62. The van der Waals surface area contributed by atoms with Gasteiger partial charge >= 0.3 is 0 Å². The van der Waals surface area contributed by atoms with Crippen molar-refractivity contribution in [3.05, 3.63) is 41.2 Å². The predicted octanol–water partition coefficient (Wildman–Crippen LogP) is 2.42. The maximum Gasteiger partial charge on any atom is 0.0889 e. The number of hydrogen-bond acceptors (Lipinski definition) is 2. The predicted molar refractivity (Wildman–Crippen MR) is 57.7 cm³/mol. The maximum atomic E-state index is 5.88. The van der Waals surface area contributed by atoms with Gasteiger partial charge in [0.05, 0.1) is 17.1 Å². The minimum Gasteiger partial charge on any atom is -0.397 e. The molecule has 4 heteroatoms. The molecule has 0 amide bonds. The average Bonchev–Trinajstić information content (AvgIpc) is 2.56. The number of nitrogens with two attached hydrogens (primary N) is 1. The molecule has 1 aromatic carbocycles.